The van der Waals surface area contributed by atoms with E-state index in [0.29, 0.717) is 0 Å². The number of rotatable bonds is 2. The molecular weight excluding hydrogens is 200 g/mol. The van der Waals surface area contributed by atoms with Gasteiger partial charge in [0.1, 0.15) is 0 Å². The van der Waals surface area contributed by atoms with Crippen molar-refractivity contribution in [1.82, 2.24) is 0 Å². The van der Waals surface area contributed by atoms with Crippen LogP contribution in [0.2, 0.25) is 18.6 Å². The molecule has 0 aromatic rings. The summed E-state index contributed by atoms with van der Waals surface area (Å²) < 4.78 is 6.40. The Kier molecular flexibility index (Phi) is 2.79. The molecule has 0 aliphatic heterocycles. The molecule has 0 aromatic carbocycles. The lowest BCUT2D eigenvalue weighted by atomic mass is 10.0. The first-order chi connectivity index (χ1) is 6.78. The number of hydrogen-bond donors (Lipinski definition) is 0. The maximum absolute atomic E-state index is 6.40. The Morgan fingerprint density at radius 1 is 1.07 bits per heavy atom. The molecule has 2 saturated carbocycles. The lowest BCUT2D eigenvalue weighted by Crippen LogP contribution is -2.44. The summed E-state index contributed by atoms with van der Waals surface area (Å²) in [6.07, 6.45) is 5.97. The standard InChI is InChI=1S/C13H26OSi/c1-13(2,3)14-15(4,5)12-9-10-6-7-11(12)8-10/h10-12H,6-9H2,1-5H3/t10-,11+,12+/m1/s1. The molecule has 88 valence electrons. The highest BCUT2D eigenvalue weighted by Gasteiger charge is 2.49. The Morgan fingerprint density at radius 2 is 1.73 bits per heavy atom. The first-order valence-corrected chi connectivity index (χ1v) is 9.47. The monoisotopic (exact) mass is 226 g/mol. The summed E-state index contributed by atoms with van der Waals surface area (Å²) in [5.41, 5.74) is 0.993. The highest BCUT2D eigenvalue weighted by Crippen LogP contribution is 2.55. The molecule has 3 atom stereocenters. The van der Waals surface area contributed by atoms with Crippen LogP contribution in [0.15, 0.2) is 0 Å². The Bertz CT molecular complexity index is 241. The Balaban J connectivity index is 2.03. The second kappa shape index (κ2) is 3.59. The smallest absolute Gasteiger partial charge is 0.190 e. The minimum Gasteiger partial charge on any atom is -0.412 e. The normalized spacial score (nSPS) is 36.2. The van der Waals surface area contributed by atoms with E-state index in [0.717, 1.165) is 17.4 Å². The Hall–Kier alpha value is 0.177. The van der Waals surface area contributed by atoms with Crippen LogP contribution in [0.4, 0.5) is 0 Å². The van der Waals surface area contributed by atoms with Gasteiger partial charge < -0.3 is 4.43 Å². The molecule has 0 unspecified atom stereocenters. The van der Waals surface area contributed by atoms with Crippen molar-refractivity contribution in [2.75, 3.05) is 0 Å². The third-order valence-corrected chi connectivity index (χ3v) is 7.83. The van der Waals surface area contributed by atoms with Crippen LogP contribution in [0.25, 0.3) is 0 Å². The summed E-state index contributed by atoms with van der Waals surface area (Å²) in [4.78, 5) is 0. The molecule has 15 heavy (non-hydrogen) atoms. The van der Waals surface area contributed by atoms with Crippen LogP contribution in [0, 0.1) is 11.8 Å². The van der Waals surface area contributed by atoms with Gasteiger partial charge in [0.2, 0.25) is 0 Å². The average Bonchev–Trinajstić information content (AvgIpc) is 2.58. The van der Waals surface area contributed by atoms with Gasteiger partial charge in [-0.15, -0.1) is 0 Å². The molecule has 0 radical (unpaired) electrons. The molecule has 2 rings (SSSR count). The van der Waals surface area contributed by atoms with Crippen LogP contribution in [-0.4, -0.2) is 13.9 Å². The van der Waals surface area contributed by atoms with Gasteiger partial charge in [0.15, 0.2) is 8.32 Å². The van der Waals surface area contributed by atoms with Crippen molar-refractivity contribution < 1.29 is 4.43 Å². The maximum atomic E-state index is 6.40. The first kappa shape index (κ1) is 11.7. The zero-order chi connectivity index (χ0) is 11.3. The Labute approximate surface area is 95.7 Å². The second-order valence-electron chi connectivity index (χ2n) is 7.10. The summed E-state index contributed by atoms with van der Waals surface area (Å²) in [5, 5.41) is 0. The average molecular weight is 226 g/mol. The highest BCUT2D eigenvalue weighted by molar-refractivity contribution is 6.72. The fourth-order valence-corrected chi connectivity index (χ4v) is 8.03. The molecule has 2 aliphatic carbocycles. The van der Waals surface area contributed by atoms with Gasteiger partial charge in [-0.05, 0) is 64.1 Å². The molecule has 2 fully saturated rings. The predicted molar refractivity (Wildman–Crippen MR) is 67.5 cm³/mol. The maximum Gasteiger partial charge on any atom is 0.190 e. The van der Waals surface area contributed by atoms with E-state index in [2.05, 4.69) is 33.9 Å². The quantitative estimate of drug-likeness (QED) is 0.641. The molecule has 0 spiro atoms. The van der Waals surface area contributed by atoms with E-state index in [1.165, 1.54) is 25.7 Å². The van der Waals surface area contributed by atoms with Gasteiger partial charge in [0, 0.05) is 5.60 Å². The van der Waals surface area contributed by atoms with Crippen molar-refractivity contribution in [2.24, 2.45) is 11.8 Å². The molecule has 2 bridgehead atoms. The molecule has 0 amide bonds. The minimum atomic E-state index is -1.46. The molecule has 0 saturated heterocycles. The third-order valence-electron chi connectivity index (χ3n) is 4.20. The van der Waals surface area contributed by atoms with Crippen LogP contribution in [0.3, 0.4) is 0 Å². The molecular formula is C13H26OSi. The Morgan fingerprint density at radius 3 is 2.13 bits per heavy atom. The van der Waals surface area contributed by atoms with Crippen LogP contribution >= 0.6 is 0 Å². The molecule has 2 aliphatic rings. The van der Waals surface area contributed by atoms with Crippen LogP contribution in [-0.2, 0) is 4.43 Å². The van der Waals surface area contributed by atoms with Gasteiger partial charge in [-0.25, -0.2) is 0 Å². The van der Waals surface area contributed by atoms with E-state index in [9.17, 15) is 0 Å². The van der Waals surface area contributed by atoms with Crippen molar-refractivity contribution in [2.45, 2.75) is 70.7 Å². The van der Waals surface area contributed by atoms with Gasteiger partial charge >= 0.3 is 0 Å². The zero-order valence-corrected chi connectivity index (χ0v) is 12.0. The van der Waals surface area contributed by atoms with E-state index < -0.39 is 8.32 Å². The van der Waals surface area contributed by atoms with Gasteiger partial charge in [-0.3, -0.25) is 0 Å². The predicted octanol–water partition coefficient (Wildman–Crippen LogP) is 4.20. The lowest BCUT2D eigenvalue weighted by molar-refractivity contribution is 0.113. The van der Waals surface area contributed by atoms with E-state index in [4.69, 9.17) is 4.43 Å². The fourth-order valence-electron chi connectivity index (χ4n) is 3.96. The molecule has 2 heteroatoms. The summed E-state index contributed by atoms with van der Waals surface area (Å²) in [6, 6.07) is 0. The van der Waals surface area contributed by atoms with Gasteiger partial charge in [0.25, 0.3) is 0 Å². The number of fused-ring (bicyclic) bond motifs is 2. The molecule has 0 heterocycles. The summed E-state index contributed by atoms with van der Waals surface area (Å²) in [5.74, 6) is 2.06. The van der Waals surface area contributed by atoms with Gasteiger partial charge in [0.05, 0.1) is 0 Å². The van der Waals surface area contributed by atoms with Crippen LogP contribution < -0.4 is 0 Å². The summed E-state index contributed by atoms with van der Waals surface area (Å²) in [7, 11) is -1.46. The van der Waals surface area contributed by atoms with Gasteiger partial charge in [-0.2, -0.15) is 0 Å². The van der Waals surface area contributed by atoms with E-state index in [-0.39, 0.29) is 5.60 Å². The van der Waals surface area contributed by atoms with Crippen molar-refractivity contribution >= 4 is 8.32 Å². The zero-order valence-electron chi connectivity index (χ0n) is 11.0. The summed E-state index contributed by atoms with van der Waals surface area (Å²) >= 11 is 0. The van der Waals surface area contributed by atoms with Crippen LogP contribution in [0.5, 0.6) is 0 Å². The topological polar surface area (TPSA) is 9.23 Å². The third kappa shape index (κ3) is 2.47. The van der Waals surface area contributed by atoms with E-state index in [1.807, 2.05) is 0 Å². The molecule has 0 aromatic heterocycles. The number of hydrogen-bond acceptors (Lipinski definition) is 1. The van der Waals surface area contributed by atoms with Crippen molar-refractivity contribution in [1.29, 1.82) is 0 Å². The highest BCUT2D eigenvalue weighted by atomic mass is 28.4. The van der Waals surface area contributed by atoms with Gasteiger partial charge in [-0.1, -0.05) is 12.8 Å². The van der Waals surface area contributed by atoms with Crippen LogP contribution in [0.1, 0.15) is 46.5 Å². The van der Waals surface area contributed by atoms with E-state index in [1.54, 1.807) is 0 Å². The minimum absolute atomic E-state index is 0.0531. The largest absolute Gasteiger partial charge is 0.412 e. The SMILES string of the molecule is CC(C)(C)O[Si](C)(C)[C@H]1C[C@@H]2CC[C@H]1C2. The second-order valence-corrected chi connectivity index (χ2v) is 11.3. The first-order valence-electron chi connectivity index (χ1n) is 6.48. The van der Waals surface area contributed by atoms with E-state index >= 15 is 0 Å². The molecule has 1 nitrogen and oxygen atoms in total. The summed E-state index contributed by atoms with van der Waals surface area (Å²) in [6.45, 7) is 11.5. The van der Waals surface area contributed by atoms with Crippen molar-refractivity contribution in [3.8, 4) is 0 Å². The van der Waals surface area contributed by atoms with Crippen molar-refractivity contribution in [3.05, 3.63) is 0 Å². The molecule has 0 N–H and O–H groups in total. The fraction of sp³-hybridized carbons (Fsp3) is 1.00. The van der Waals surface area contributed by atoms with Crippen molar-refractivity contribution in [3.63, 3.8) is 0 Å². The lowest BCUT2D eigenvalue weighted by Gasteiger charge is -2.40.